The molecule has 0 atom stereocenters. The van der Waals surface area contributed by atoms with E-state index in [0.717, 1.165) is 63.8 Å². The van der Waals surface area contributed by atoms with Gasteiger partial charge >= 0.3 is 0 Å². The number of benzene rings is 3. The van der Waals surface area contributed by atoms with Crippen LogP contribution in [0.25, 0.3) is 0 Å². The molecule has 6 rings (SSSR count). The fourth-order valence-corrected chi connectivity index (χ4v) is 6.74. The number of fused-ring (bicyclic) bond motifs is 2. The minimum Gasteiger partial charge on any atom is -0.322 e. The molecule has 0 radical (unpaired) electrons. The number of hydrogen-bond donors (Lipinski definition) is 1. The summed E-state index contributed by atoms with van der Waals surface area (Å²) in [6.45, 7) is 2.47. The van der Waals surface area contributed by atoms with Gasteiger partial charge in [-0.05, 0) is 74.1 Å². The lowest BCUT2D eigenvalue weighted by Crippen LogP contribution is -2.29. The number of hydrogen-bond acceptors (Lipinski definition) is 4. The average Bonchev–Trinajstić information content (AvgIpc) is 3.41. The molecule has 0 unspecified atom stereocenters. The van der Waals surface area contributed by atoms with E-state index >= 15 is 0 Å². The molecule has 7 heteroatoms. The van der Waals surface area contributed by atoms with Crippen LogP contribution in [0, 0.1) is 6.92 Å². The third-order valence-electron chi connectivity index (χ3n) is 7.04. The maximum atomic E-state index is 13.8. The van der Waals surface area contributed by atoms with Crippen molar-refractivity contribution in [3.8, 4) is 0 Å². The molecule has 190 valence electrons. The first-order valence-corrected chi connectivity index (χ1v) is 14.4. The van der Waals surface area contributed by atoms with E-state index in [0.29, 0.717) is 22.8 Å². The van der Waals surface area contributed by atoms with Crippen molar-refractivity contribution in [1.82, 2.24) is 0 Å². The van der Waals surface area contributed by atoms with E-state index in [1.807, 2.05) is 79.7 Å². The summed E-state index contributed by atoms with van der Waals surface area (Å²) in [5.74, 6) is -0.327. The van der Waals surface area contributed by atoms with Gasteiger partial charge in [0.05, 0.1) is 17.8 Å². The van der Waals surface area contributed by atoms with Crippen LogP contribution in [-0.4, -0.2) is 17.5 Å². The minimum atomic E-state index is -0.173. The molecule has 4 aromatic rings. The first-order chi connectivity index (χ1) is 18.5. The second-order valence-corrected chi connectivity index (χ2v) is 11.7. The normalized spacial score (nSPS) is 15.5. The third-order valence-corrected chi connectivity index (χ3v) is 8.72. The summed E-state index contributed by atoms with van der Waals surface area (Å²) in [5, 5.41) is 3.67. The highest BCUT2D eigenvalue weighted by Gasteiger charge is 2.35. The molecule has 0 fully saturated rings. The molecule has 5 nitrogen and oxygen atoms in total. The number of carbonyl (C=O) groups excluding carboxylic acids is 2. The Morgan fingerprint density at radius 1 is 1.03 bits per heavy atom. The number of halogens is 1. The first-order valence-electron chi connectivity index (χ1n) is 12.7. The van der Waals surface area contributed by atoms with Crippen LogP contribution in [0.2, 0.25) is 0 Å². The number of nitrogens with one attached hydrogen (secondary N) is 1. The van der Waals surface area contributed by atoms with Gasteiger partial charge in [0.1, 0.15) is 10.7 Å². The van der Waals surface area contributed by atoms with Gasteiger partial charge in [-0.3, -0.25) is 9.59 Å². The SMILES string of the molecule is Cc1ccc(NC(=O)c2c(N=C3C(=O)N(Cc4ccccc4)c4ccc(Br)cc43)sc3c2CCCC3)cc1. The number of carbonyl (C=O) groups is 2. The Morgan fingerprint density at radius 3 is 2.58 bits per heavy atom. The number of rotatable bonds is 5. The highest BCUT2D eigenvalue weighted by molar-refractivity contribution is 9.10. The van der Waals surface area contributed by atoms with Crippen LogP contribution in [0.1, 0.15) is 50.3 Å². The minimum absolute atomic E-state index is 0.154. The fourth-order valence-electron chi connectivity index (χ4n) is 5.11. The molecule has 1 aromatic heterocycles. The zero-order chi connectivity index (χ0) is 26.2. The van der Waals surface area contributed by atoms with E-state index in [1.54, 1.807) is 16.2 Å². The van der Waals surface area contributed by atoms with E-state index in [2.05, 4.69) is 21.2 Å². The van der Waals surface area contributed by atoms with Crippen LogP contribution in [0.15, 0.2) is 82.3 Å². The number of anilines is 2. The van der Waals surface area contributed by atoms with Gasteiger partial charge in [-0.1, -0.05) is 64.0 Å². The summed E-state index contributed by atoms with van der Waals surface area (Å²) in [4.78, 5) is 35.4. The molecule has 1 aliphatic heterocycles. The van der Waals surface area contributed by atoms with Gasteiger partial charge in [-0.15, -0.1) is 11.3 Å². The van der Waals surface area contributed by atoms with Crippen molar-refractivity contribution in [3.05, 3.63) is 110 Å². The largest absolute Gasteiger partial charge is 0.322 e. The quantitative estimate of drug-likeness (QED) is 0.262. The molecular weight excluding hydrogens is 558 g/mol. The van der Waals surface area contributed by atoms with Gasteiger partial charge in [-0.2, -0.15) is 0 Å². The smallest absolute Gasteiger partial charge is 0.277 e. The van der Waals surface area contributed by atoms with Gasteiger partial charge < -0.3 is 10.2 Å². The van der Waals surface area contributed by atoms with E-state index < -0.39 is 0 Å². The maximum Gasteiger partial charge on any atom is 0.277 e. The molecular formula is C31H26BrN3O2S. The topological polar surface area (TPSA) is 61.8 Å². The molecule has 2 amide bonds. The summed E-state index contributed by atoms with van der Waals surface area (Å²) < 4.78 is 0.876. The summed E-state index contributed by atoms with van der Waals surface area (Å²) >= 11 is 5.11. The Hall–Kier alpha value is -3.55. The molecule has 38 heavy (non-hydrogen) atoms. The molecule has 3 aromatic carbocycles. The lowest BCUT2D eigenvalue weighted by Gasteiger charge is -2.17. The second-order valence-electron chi connectivity index (χ2n) is 9.71. The third kappa shape index (κ3) is 4.72. The van der Waals surface area contributed by atoms with Crippen LogP contribution in [0.5, 0.6) is 0 Å². The summed E-state index contributed by atoms with van der Waals surface area (Å²) in [7, 11) is 0. The van der Waals surface area contributed by atoms with Crippen molar-refractivity contribution in [2.75, 3.05) is 10.2 Å². The Bertz CT molecular complexity index is 1570. The standard InChI is InChI=1S/C31H26BrN3O2S/c1-19-11-14-22(15-12-19)33-29(36)27-23-9-5-6-10-26(23)38-30(27)34-28-24-17-21(32)13-16-25(24)35(31(28)37)18-20-7-3-2-4-8-20/h2-4,7-8,11-17H,5-6,9-10,18H2,1H3,(H,33,36). The van der Waals surface area contributed by atoms with E-state index in [-0.39, 0.29) is 11.8 Å². The molecule has 2 heterocycles. The van der Waals surface area contributed by atoms with Gasteiger partial charge in [0, 0.05) is 20.6 Å². The summed E-state index contributed by atoms with van der Waals surface area (Å²) in [6, 6.07) is 23.6. The number of aliphatic imine (C=N–C) groups is 1. The number of amides is 2. The molecule has 0 saturated heterocycles. The molecule has 1 aliphatic carbocycles. The Kier molecular flexibility index (Phi) is 6.72. The zero-order valence-electron chi connectivity index (χ0n) is 21.0. The first kappa shape index (κ1) is 24.8. The van der Waals surface area contributed by atoms with Crippen LogP contribution in [0.4, 0.5) is 16.4 Å². The summed E-state index contributed by atoms with van der Waals surface area (Å²) in [5.41, 5.74) is 6.57. The Morgan fingerprint density at radius 2 is 1.79 bits per heavy atom. The van der Waals surface area contributed by atoms with Crippen molar-refractivity contribution in [2.24, 2.45) is 4.99 Å². The lowest BCUT2D eigenvalue weighted by atomic mass is 9.95. The predicted molar refractivity (Wildman–Crippen MR) is 158 cm³/mol. The number of thiophene rings is 1. The monoisotopic (exact) mass is 583 g/mol. The zero-order valence-corrected chi connectivity index (χ0v) is 23.4. The average molecular weight is 585 g/mol. The highest BCUT2D eigenvalue weighted by atomic mass is 79.9. The van der Waals surface area contributed by atoms with Crippen molar-refractivity contribution in [3.63, 3.8) is 0 Å². The summed E-state index contributed by atoms with van der Waals surface area (Å²) in [6.07, 6.45) is 3.93. The fraction of sp³-hybridized carbons (Fsp3) is 0.194. The van der Waals surface area contributed by atoms with E-state index in [1.165, 1.54) is 4.88 Å². The molecule has 0 spiro atoms. The Balaban J connectivity index is 1.42. The van der Waals surface area contributed by atoms with Crippen LogP contribution < -0.4 is 10.2 Å². The van der Waals surface area contributed by atoms with Crippen molar-refractivity contribution in [1.29, 1.82) is 0 Å². The van der Waals surface area contributed by atoms with Crippen LogP contribution >= 0.6 is 27.3 Å². The maximum absolute atomic E-state index is 13.8. The van der Waals surface area contributed by atoms with Crippen LogP contribution in [0.3, 0.4) is 0 Å². The molecule has 0 bridgehead atoms. The van der Waals surface area contributed by atoms with Gasteiger partial charge in [0.2, 0.25) is 0 Å². The number of aryl methyl sites for hydroxylation is 2. The van der Waals surface area contributed by atoms with Crippen molar-refractivity contribution in [2.45, 2.75) is 39.2 Å². The number of nitrogens with zero attached hydrogens (tertiary/aromatic N) is 2. The second kappa shape index (κ2) is 10.3. The van der Waals surface area contributed by atoms with E-state index in [4.69, 9.17) is 4.99 Å². The van der Waals surface area contributed by atoms with Crippen LogP contribution in [-0.2, 0) is 24.2 Å². The van der Waals surface area contributed by atoms with Gasteiger partial charge in [0.15, 0.2) is 0 Å². The Labute approximate surface area is 234 Å². The molecule has 1 N–H and O–H groups in total. The predicted octanol–water partition coefficient (Wildman–Crippen LogP) is 7.62. The molecule has 2 aliphatic rings. The van der Waals surface area contributed by atoms with Crippen molar-refractivity contribution < 1.29 is 9.59 Å². The lowest BCUT2D eigenvalue weighted by molar-refractivity contribution is -0.112. The highest BCUT2D eigenvalue weighted by Crippen LogP contribution is 2.42. The van der Waals surface area contributed by atoms with Crippen molar-refractivity contribution >= 4 is 61.2 Å². The van der Waals surface area contributed by atoms with Gasteiger partial charge in [0.25, 0.3) is 11.8 Å². The van der Waals surface area contributed by atoms with E-state index in [9.17, 15) is 9.59 Å². The molecule has 0 saturated carbocycles. The van der Waals surface area contributed by atoms with Gasteiger partial charge in [-0.25, -0.2) is 4.99 Å².